The molecule has 5 heteroatoms. The Bertz CT molecular complexity index is 637. The molecule has 0 aliphatic heterocycles. The zero-order valence-electron chi connectivity index (χ0n) is 11.0. The third-order valence-corrected chi connectivity index (χ3v) is 2.84. The third kappa shape index (κ3) is 3.40. The highest BCUT2D eigenvalue weighted by Crippen LogP contribution is 2.08. The van der Waals surface area contributed by atoms with E-state index < -0.39 is 0 Å². The Balaban J connectivity index is 2.02. The highest BCUT2D eigenvalue weighted by molar-refractivity contribution is 5.42. The second-order valence-electron chi connectivity index (χ2n) is 4.41. The highest BCUT2D eigenvalue weighted by Gasteiger charge is 2.02. The second kappa shape index (κ2) is 5.65. The summed E-state index contributed by atoms with van der Waals surface area (Å²) in [6.07, 6.45) is 0. The van der Waals surface area contributed by atoms with Crippen LogP contribution in [0.4, 0.5) is 10.1 Å². The largest absolute Gasteiger partial charge is 0.383 e. The van der Waals surface area contributed by atoms with Gasteiger partial charge in [0, 0.05) is 30.2 Å². The summed E-state index contributed by atoms with van der Waals surface area (Å²) >= 11 is 0. The van der Waals surface area contributed by atoms with Gasteiger partial charge >= 0.3 is 5.69 Å². The van der Waals surface area contributed by atoms with Gasteiger partial charge in [-0.05, 0) is 38.1 Å². The van der Waals surface area contributed by atoms with Gasteiger partial charge in [0.25, 0.3) is 0 Å². The van der Waals surface area contributed by atoms with Crippen molar-refractivity contribution in [3.63, 3.8) is 0 Å². The van der Waals surface area contributed by atoms with Crippen LogP contribution in [-0.4, -0.2) is 16.1 Å². The number of hydrogen-bond acceptors (Lipinski definition) is 3. The fraction of sp³-hybridized carbons (Fsp3) is 0.286. The summed E-state index contributed by atoms with van der Waals surface area (Å²) in [4.78, 5) is 15.6. The quantitative estimate of drug-likeness (QED) is 0.917. The maximum atomic E-state index is 13.0. The van der Waals surface area contributed by atoms with Gasteiger partial charge < -0.3 is 5.32 Å². The SMILES string of the molecule is Cc1cc(C)n(CCNc2cccc(F)c2)c(=O)n1. The first-order valence-electron chi connectivity index (χ1n) is 6.11. The molecule has 4 nitrogen and oxygen atoms in total. The predicted molar refractivity (Wildman–Crippen MR) is 72.9 cm³/mol. The first-order valence-corrected chi connectivity index (χ1v) is 6.11. The molecule has 2 rings (SSSR count). The van der Waals surface area contributed by atoms with Crippen molar-refractivity contribution in [1.82, 2.24) is 9.55 Å². The average Bonchev–Trinajstić information content (AvgIpc) is 2.32. The molecule has 0 saturated heterocycles. The maximum absolute atomic E-state index is 13.0. The summed E-state index contributed by atoms with van der Waals surface area (Å²) in [5.41, 5.74) is 2.04. The van der Waals surface area contributed by atoms with Crippen molar-refractivity contribution in [3.05, 3.63) is 58.0 Å². The number of rotatable bonds is 4. The molecule has 0 aliphatic carbocycles. The van der Waals surface area contributed by atoms with Crippen LogP contribution in [0.15, 0.2) is 35.1 Å². The number of hydrogen-bond donors (Lipinski definition) is 1. The van der Waals surface area contributed by atoms with Gasteiger partial charge in [0.1, 0.15) is 5.82 Å². The number of aromatic nitrogens is 2. The highest BCUT2D eigenvalue weighted by atomic mass is 19.1. The van der Waals surface area contributed by atoms with E-state index in [0.29, 0.717) is 18.8 Å². The lowest BCUT2D eigenvalue weighted by molar-refractivity contribution is 0.626. The van der Waals surface area contributed by atoms with E-state index in [-0.39, 0.29) is 11.5 Å². The number of nitrogens with one attached hydrogen (secondary N) is 1. The van der Waals surface area contributed by atoms with Crippen molar-refractivity contribution in [1.29, 1.82) is 0 Å². The second-order valence-corrected chi connectivity index (χ2v) is 4.41. The van der Waals surface area contributed by atoms with Crippen LogP contribution in [0.3, 0.4) is 0 Å². The van der Waals surface area contributed by atoms with Gasteiger partial charge in [0.05, 0.1) is 0 Å². The summed E-state index contributed by atoms with van der Waals surface area (Å²) in [7, 11) is 0. The van der Waals surface area contributed by atoms with E-state index in [1.165, 1.54) is 12.1 Å². The molecule has 0 unspecified atom stereocenters. The van der Waals surface area contributed by atoms with Crippen molar-refractivity contribution in [2.24, 2.45) is 0 Å². The zero-order chi connectivity index (χ0) is 13.8. The van der Waals surface area contributed by atoms with Crippen LogP contribution >= 0.6 is 0 Å². The number of benzene rings is 1. The first kappa shape index (κ1) is 13.3. The summed E-state index contributed by atoms with van der Waals surface area (Å²) in [6.45, 7) is 4.70. The topological polar surface area (TPSA) is 46.9 Å². The molecule has 1 N–H and O–H groups in total. The number of halogens is 1. The molecular formula is C14H16FN3O. The first-order chi connectivity index (χ1) is 9.06. The molecule has 0 amide bonds. The Hall–Kier alpha value is -2.17. The predicted octanol–water partition coefficient (Wildman–Crippen LogP) is 2.11. The Labute approximate surface area is 110 Å². The minimum absolute atomic E-state index is 0.251. The molecule has 0 saturated carbocycles. The molecule has 0 bridgehead atoms. The van der Waals surface area contributed by atoms with Gasteiger partial charge in [-0.15, -0.1) is 0 Å². The van der Waals surface area contributed by atoms with E-state index >= 15 is 0 Å². The Morgan fingerprint density at radius 3 is 2.79 bits per heavy atom. The zero-order valence-corrected chi connectivity index (χ0v) is 11.0. The minimum atomic E-state index is -0.282. The molecule has 1 aromatic carbocycles. The van der Waals surface area contributed by atoms with Gasteiger partial charge in [-0.1, -0.05) is 6.07 Å². The Kier molecular flexibility index (Phi) is 3.94. The molecule has 1 aromatic heterocycles. The van der Waals surface area contributed by atoms with E-state index in [4.69, 9.17) is 0 Å². The van der Waals surface area contributed by atoms with Crippen molar-refractivity contribution in [3.8, 4) is 0 Å². The lowest BCUT2D eigenvalue weighted by Gasteiger charge is -2.11. The van der Waals surface area contributed by atoms with Crippen LogP contribution < -0.4 is 11.0 Å². The molecule has 0 atom stereocenters. The number of aryl methyl sites for hydroxylation is 2. The molecule has 1 heterocycles. The summed E-state index contributed by atoms with van der Waals surface area (Å²) in [5.74, 6) is -0.282. The van der Waals surface area contributed by atoms with Crippen LogP contribution in [0.25, 0.3) is 0 Å². The van der Waals surface area contributed by atoms with E-state index in [2.05, 4.69) is 10.3 Å². The lowest BCUT2D eigenvalue weighted by Crippen LogP contribution is -2.28. The van der Waals surface area contributed by atoms with Crippen LogP contribution in [0.1, 0.15) is 11.4 Å². The fourth-order valence-electron chi connectivity index (χ4n) is 1.96. The van der Waals surface area contributed by atoms with E-state index in [0.717, 1.165) is 11.4 Å². The van der Waals surface area contributed by atoms with Gasteiger partial charge in [-0.25, -0.2) is 9.18 Å². The van der Waals surface area contributed by atoms with Crippen molar-refractivity contribution in [2.75, 3.05) is 11.9 Å². The molecule has 19 heavy (non-hydrogen) atoms. The van der Waals surface area contributed by atoms with E-state index in [9.17, 15) is 9.18 Å². The van der Waals surface area contributed by atoms with Crippen molar-refractivity contribution in [2.45, 2.75) is 20.4 Å². The average molecular weight is 261 g/mol. The smallest absolute Gasteiger partial charge is 0.348 e. The van der Waals surface area contributed by atoms with Gasteiger partial charge in [-0.2, -0.15) is 4.98 Å². The lowest BCUT2D eigenvalue weighted by atomic mass is 10.3. The standard InChI is InChI=1S/C14H16FN3O/c1-10-8-11(2)18(14(19)17-10)7-6-16-13-5-3-4-12(15)9-13/h3-5,8-9,16H,6-7H2,1-2H3. The van der Waals surface area contributed by atoms with Crippen molar-refractivity contribution < 1.29 is 4.39 Å². The molecule has 0 aliphatic rings. The van der Waals surface area contributed by atoms with Crippen molar-refractivity contribution >= 4 is 5.69 Å². The van der Waals surface area contributed by atoms with E-state index in [1.54, 1.807) is 23.6 Å². The summed E-state index contributed by atoms with van der Waals surface area (Å²) in [5, 5.41) is 3.08. The van der Waals surface area contributed by atoms with E-state index in [1.807, 2.05) is 13.0 Å². The molecule has 0 fully saturated rings. The number of nitrogens with zero attached hydrogens (tertiary/aromatic N) is 2. The summed E-state index contributed by atoms with van der Waals surface area (Å²) < 4.78 is 14.6. The summed E-state index contributed by atoms with van der Waals surface area (Å²) in [6, 6.07) is 8.10. The number of anilines is 1. The normalized spacial score (nSPS) is 10.5. The minimum Gasteiger partial charge on any atom is -0.383 e. The van der Waals surface area contributed by atoms with Gasteiger partial charge in [0.15, 0.2) is 0 Å². The van der Waals surface area contributed by atoms with Gasteiger partial charge in [-0.3, -0.25) is 4.57 Å². The fourth-order valence-corrected chi connectivity index (χ4v) is 1.96. The Morgan fingerprint density at radius 2 is 2.11 bits per heavy atom. The van der Waals surface area contributed by atoms with Gasteiger partial charge in [0.2, 0.25) is 0 Å². The molecular weight excluding hydrogens is 245 g/mol. The molecule has 0 radical (unpaired) electrons. The van der Waals surface area contributed by atoms with Crippen LogP contribution in [0.5, 0.6) is 0 Å². The van der Waals surface area contributed by atoms with Crippen LogP contribution in [-0.2, 0) is 6.54 Å². The molecule has 0 spiro atoms. The molecule has 2 aromatic rings. The Morgan fingerprint density at radius 1 is 1.32 bits per heavy atom. The monoisotopic (exact) mass is 261 g/mol. The maximum Gasteiger partial charge on any atom is 0.348 e. The molecule has 100 valence electrons. The van der Waals surface area contributed by atoms with Crippen LogP contribution in [0, 0.1) is 19.7 Å². The third-order valence-electron chi connectivity index (χ3n) is 2.84. The van der Waals surface area contributed by atoms with Crippen LogP contribution in [0.2, 0.25) is 0 Å².